The molecule has 1 aliphatic carbocycles. The number of carboxylic acids is 1. The van der Waals surface area contributed by atoms with Crippen LogP contribution in [-0.2, 0) is 11.2 Å². The molecule has 0 spiro atoms. The summed E-state index contributed by atoms with van der Waals surface area (Å²) in [5, 5.41) is 18.7. The topological polar surface area (TPSA) is 117 Å². The fraction of sp³-hybridized carbons (Fsp3) is 0.474. The van der Waals surface area contributed by atoms with Crippen molar-refractivity contribution in [3.05, 3.63) is 29.6 Å². The molecule has 1 fully saturated rings. The second-order valence-electron chi connectivity index (χ2n) is 6.88. The molecule has 1 aliphatic rings. The monoisotopic (exact) mass is 372 g/mol. The number of nitrogens with one attached hydrogen (secondary N) is 2. The maximum absolute atomic E-state index is 12.4. The molecule has 1 heterocycles. The Morgan fingerprint density at radius 2 is 2.00 bits per heavy atom. The molecule has 8 heteroatoms. The highest BCUT2D eigenvalue weighted by atomic mass is 16.5. The third-order valence-electron chi connectivity index (χ3n) is 4.93. The number of anilines is 1. The van der Waals surface area contributed by atoms with E-state index < -0.39 is 5.97 Å². The molecule has 0 saturated heterocycles. The molecule has 0 aliphatic heterocycles. The van der Waals surface area contributed by atoms with Crippen molar-refractivity contribution < 1.29 is 19.2 Å². The van der Waals surface area contributed by atoms with Crippen LogP contribution in [0, 0.1) is 12.8 Å². The lowest BCUT2D eigenvalue weighted by Crippen LogP contribution is -2.41. The Kier molecular flexibility index (Phi) is 5.73. The Morgan fingerprint density at radius 1 is 1.26 bits per heavy atom. The summed E-state index contributed by atoms with van der Waals surface area (Å²) < 4.78 is 5.25. The number of hydrogen-bond acceptors (Lipinski definition) is 5. The van der Waals surface area contributed by atoms with E-state index >= 15 is 0 Å². The smallest absolute Gasteiger partial charge is 0.319 e. The van der Waals surface area contributed by atoms with Gasteiger partial charge in [0.2, 0.25) is 0 Å². The lowest BCUT2D eigenvalue weighted by molar-refractivity contribution is -0.142. The molecule has 0 bridgehead atoms. The molecule has 0 radical (unpaired) electrons. The number of benzene rings is 1. The maximum Gasteiger partial charge on any atom is 0.319 e. The lowest BCUT2D eigenvalue weighted by atomic mass is 9.86. The van der Waals surface area contributed by atoms with Crippen molar-refractivity contribution in [2.75, 3.05) is 5.32 Å². The number of aryl methyl sites for hydroxylation is 2. The number of aromatic nitrogens is 2. The Hall–Kier alpha value is -2.90. The van der Waals surface area contributed by atoms with Crippen LogP contribution in [0.4, 0.5) is 10.5 Å². The van der Waals surface area contributed by atoms with Crippen LogP contribution in [0.3, 0.4) is 0 Å². The molecule has 144 valence electrons. The van der Waals surface area contributed by atoms with E-state index in [4.69, 9.17) is 9.63 Å². The van der Waals surface area contributed by atoms with Crippen LogP contribution in [0.15, 0.2) is 22.7 Å². The van der Waals surface area contributed by atoms with E-state index in [1.54, 1.807) is 0 Å². The van der Waals surface area contributed by atoms with E-state index in [1.165, 1.54) is 0 Å². The normalized spacial score (nSPS) is 19.5. The lowest BCUT2D eigenvalue weighted by Gasteiger charge is -2.27. The number of urea groups is 1. The second kappa shape index (κ2) is 8.20. The Bertz CT molecular complexity index is 825. The second-order valence-corrected chi connectivity index (χ2v) is 6.88. The van der Waals surface area contributed by atoms with Gasteiger partial charge in [0, 0.05) is 23.7 Å². The van der Waals surface area contributed by atoms with Gasteiger partial charge in [0.25, 0.3) is 5.89 Å². The minimum atomic E-state index is -0.752. The van der Waals surface area contributed by atoms with Gasteiger partial charge in [-0.1, -0.05) is 18.1 Å². The van der Waals surface area contributed by atoms with E-state index in [-0.39, 0.29) is 18.0 Å². The molecule has 1 saturated carbocycles. The van der Waals surface area contributed by atoms with Crippen molar-refractivity contribution in [3.63, 3.8) is 0 Å². The van der Waals surface area contributed by atoms with Crippen molar-refractivity contribution in [2.45, 2.75) is 52.0 Å². The molecule has 3 N–H and O–H groups in total. The molecular formula is C19H24N4O4. The van der Waals surface area contributed by atoms with E-state index in [2.05, 4.69) is 20.8 Å². The number of carbonyl (C=O) groups is 2. The minimum Gasteiger partial charge on any atom is -0.481 e. The van der Waals surface area contributed by atoms with Gasteiger partial charge in [-0.15, -0.1) is 0 Å². The van der Waals surface area contributed by atoms with Crippen molar-refractivity contribution in [2.24, 2.45) is 5.92 Å². The van der Waals surface area contributed by atoms with Crippen LogP contribution < -0.4 is 10.6 Å². The van der Waals surface area contributed by atoms with Gasteiger partial charge in [-0.3, -0.25) is 4.79 Å². The summed E-state index contributed by atoms with van der Waals surface area (Å²) in [6, 6.07) is 5.27. The number of rotatable bonds is 5. The molecule has 27 heavy (non-hydrogen) atoms. The molecule has 1 aromatic heterocycles. The maximum atomic E-state index is 12.4. The fourth-order valence-electron chi connectivity index (χ4n) is 3.23. The number of nitrogens with zero attached hydrogens (tertiary/aromatic N) is 2. The number of carbonyl (C=O) groups excluding carboxylic acids is 1. The third kappa shape index (κ3) is 4.64. The van der Waals surface area contributed by atoms with Gasteiger partial charge in [-0.05, 0) is 50.3 Å². The first-order valence-electron chi connectivity index (χ1n) is 9.20. The zero-order valence-corrected chi connectivity index (χ0v) is 15.5. The van der Waals surface area contributed by atoms with Crippen LogP contribution in [0.1, 0.15) is 44.0 Å². The SMILES string of the molecule is CCc1noc(-c2ccc(C)c(NC(=O)NC3CCC(C(=O)O)CC3)c2)n1. The summed E-state index contributed by atoms with van der Waals surface area (Å²) in [5.74, 6) is 0.00198. The molecule has 0 atom stereocenters. The van der Waals surface area contributed by atoms with Crippen LogP contribution in [-0.4, -0.2) is 33.3 Å². The first kappa shape index (κ1) is 18.9. The quantitative estimate of drug-likeness (QED) is 0.741. The summed E-state index contributed by atoms with van der Waals surface area (Å²) in [6.45, 7) is 3.85. The molecule has 1 aromatic carbocycles. The van der Waals surface area contributed by atoms with E-state index in [1.807, 2.05) is 32.0 Å². The Labute approximate surface area is 157 Å². The average molecular weight is 372 g/mol. The summed E-state index contributed by atoms with van der Waals surface area (Å²) in [4.78, 5) is 27.7. The molecule has 3 rings (SSSR count). The third-order valence-corrected chi connectivity index (χ3v) is 4.93. The summed E-state index contributed by atoms with van der Waals surface area (Å²) in [5.41, 5.74) is 2.32. The van der Waals surface area contributed by atoms with Gasteiger partial charge in [0.05, 0.1) is 5.92 Å². The van der Waals surface area contributed by atoms with E-state index in [9.17, 15) is 9.59 Å². The number of hydrogen-bond donors (Lipinski definition) is 3. The standard InChI is InChI=1S/C19H24N4O4/c1-3-16-22-17(27-23-16)13-5-4-11(2)15(10-13)21-19(26)20-14-8-6-12(7-9-14)18(24)25/h4-5,10,12,14H,3,6-9H2,1-2H3,(H,24,25)(H2,20,21,26). The van der Waals surface area contributed by atoms with Crippen LogP contribution >= 0.6 is 0 Å². The number of amides is 2. The van der Waals surface area contributed by atoms with E-state index in [0.29, 0.717) is 49.5 Å². The minimum absolute atomic E-state index is 0.00728. The van der Waals surface area contributed by atoms with Crippen molar-refractivity contribution in [3.8, 4) is 11.5 Å². The van der Waals surface area contributed by atoms with Gasteiger partial charge in [-0.2, -0.15) is 4.98 Å². The van der Waals surface area contributed by atoms with Crippen LogP contribution in [0.2, 0.25) is 0 Å². The molecule has 2 amide bonds. The molecule has 8 nitrogen and oxygen atoms in total. The molecule has 0 unspecified atom stereocenters. The van der Waals surface area contributed by atoms with Gasteiger partial charge in [0.15, 0.2) is 5.82 Å². The zero-order chi connectivity index (χ0) is 19.4. The van der Waals surface area contributed by atoms with Crippen LogP contribution in [0.5, 0.6) is 0 Å². The summed E-state index contributed by atoms with van der Waals surface area (Å²) in [7, 11) is 0. The van der Waals surface area contributed by atoms with Gasteiger partial charge >= 0.3 is 12.0 Å². The highest BCUT2D eigenvalue weighted by molar-refractivity contribution is 5.91. The fourth-order valence-corrected chi connectivity index (χ4v) is 3.23. The molecular weight excluding hydrogens is 348 g/mol. The average Bonchev–Trinajstić information content (AvgIpc) is 3.13. The first-order chi connectivity index (χ1) is 13.0. The Balaban J connectivity index is 1.62. The van der Waals surface area contributed by atoms with Gasteiger partial charge in [-0.25, -0.2) is 4.79 Å². The predicted molar refractivity (Wildman–Crippen MR) is 99.4 cm³/mol. The van der Waals surface area contributed by atoms with Crippen molar-refractivity contribution >= 4 is 17.7 Å². The predicted octanol–water partition coefficient (Wildman–Crippen LogP) is 3.37. The Morgan fingerprint density at radius 3 is 2.63 bits per heavy atom. The zero-order valence-electron chi connectivity index (χ0n) is 15.5. The number of carboxylic acid groups (broad SMARTS) is 1. The highest BCUT2D eigenvalue weighted by Crippen LogP contribution is 2.26. The van der Waals surface area contributed by atoms with Gasteiger partial charge < -0.3 is 20.3 Å². The van der Waals surface area contributed by atoms with Crippen LogP contribution in [0.25, 0.3) is 11.5 Å². The highest BCUT2D eigenvalue weighted by Gasteiger charge is 2.26. The molecule has 2 aromatic rings. The van der Waals surface area contributed by atoms with Gasteiger partial charge in [0.1, 0.15) is 0 Å². The summed E-state index contributed by atoms with van der Waals surface area (Å²) in [6.07, 6.45) is 3.21. The van der Waals surface area contributed by atoms with E-state index in [0.717, 1.165) is 11.1 Å². The van der Waals surface area contributed by atoms with Crippen molar-refractivity contribution in [1.82, 2.24) is 15.5 Å². The summed E-state index contributed by atoms with van der Waals surface area (Å²) >= 11 is 0. The largest absolute Gasteiger partial charge is 0.481 e. The van der Waals surface area contributed by atoms with Crippen molar-refractivity contribution in [1.29, 1.82) is 0 Å². The first-order valence-corrected chi connectivity index (χ1v) is 9.20. The number of aliphatic carboxylic acids is 1.